The highest BCUT2D eigenvalue weighted by Crippen LogP contribution is 2.49. The van der Waals surface area contributed by atoms with Crippen LogP contribution in [0.3, 0.4) is 0 Å². The predicted molar refractivity (Wildman–Crippen MR) is 263 cm³/mol. The molecule has 5 aliphatic rings. The minimum absolute atomic E-state index is 0.00866. The molecule has 1 amide bonds. The van der Waals surface area contributed by atoms with Crippen molar-refractivity contribution in [3.63, 3.8) is 0 Å². The number of methoxy groups -OCH3 is 1. The van der Waals surface area contributed by atoms with Crippen LogP contribution < -0.4 is 14.4 Å². The number of benzene rings is 2. The summed E-state index contributed by atoms with van der Waals surface area (Å²) in [6.07, 6.45) is 3.49. The number of halogens is 3. The van der Waals surface area contributed by atoms with Crippen LogP contribution in [0, 0.1) is 29.0 Å². The van der Waals surface area contributed by atoms with Gasteiger partial charge in [-0.05, 0) is 106 Å². The summed E-state index contributed by atoms with van der Waals surface area (Å²) in [5.74, 6) is 3.02. The molecular formula is C53H69F3N6O5Si. The average molecular weight is 955 g/mol. The van der Waals surface area contributed by atoms with Crippen LogP contribution >= 0.6 is 0 Å². The molecule has 11 nitrogen and oxygen atoms in total. The van der Waals surface area contributed by atoms with Crippen molar-refractivity contribution < 1.29 is 36.9 Å². The van der Waals surface area contributed by atoms with Crippen molar-refractivity contribution in [2.24, 2.45) is 5.92 Å². The van der Waals surface area contributed by atoms with E-state index in [2.05, 4.69) is 69.7 Å². The van der Waals surface area contributed by atoms with Gasteiger partial charge in [0.15, 0.2) is 12.6 Å². The second kappa shape index (κ2) is 18.3. The summed E-state index contributed by atoms with van der Waals surface area (Å²) < 4.78 is 74.0. The third kappa shape index (κ3) is 8.27. The molecule has 6 atom stereocenters. The van der Waals surface area contributed by atoms with Gasteiger partial charge in [-0.3, -0.25) is 9.80 Å². The van der Waals surface area contributed by atoms with Gasteiger partial charge in [-0.15, -0.1) is 5.54 Å². The summed E-state index contributed by atoms with van der Waals surface area (Å²) in [6.45, 7) is 22.7. The quantitative estimate of drug-likeness (QED) is 0.0820. The van der Waals surface area contributed by atoms with Crippen LogP contribution in [0.5, 0.6) is 11.8 Å². The Labute approximate surface area is 400 Å². The van der Waals surface area contributed by atoms with Crippen LogP contribution in [0.4, 0.5) is 23.8 Å². The van der Waals surface area contributed by atoms with E-state index >= 15 is 13.2 Å². The van der Waals surface area contributed by atoms with Crippen molar-refractivity contribution in [1.82, 2.24) is 24.8 Å². The molecule has 0 aliphatic carbocycles. The van der Waals surface area contributed by atoms with Crippen LogP contribution in [-0.2, 0) is 15.9 Å². The molecule has 15 heteroatoms. The molecule has 0 N–H and O–H groups in total. The highest BCUT2D eigenvalue weighted by Gasteiger charge is 2.54. The summed E-state index contributed by atoms with van der Waals surface area (Å²) in [5.41, 5.74) is 4.53. The number of carbonyl (C=O) groups is 1. The molecule has 2 aromatic carbocycles. The maximum Gasteiger partial charge on any atom is 0.410 e. The van der Waals surface area contributed by atoms with Crippen molar-refractivity contribution in [2.75, 3.05) is 45.0 Å². The van der Waals surface area contributed by atoms with Crippen LogP contribution in [0.1, 0.15) is 119 Å². The zero-order valence-electron chi connectivity index (χ0n) is 41.8. The lowest BCUT2D eigenvalue weighted by atomic mass is 9.85. The first-order chi connectivity index (χ1) is 32.3. The van der Waals surface area contributed by atoms with Gasteiger partial charge < -0.3 is 23.8 Å². The Balaban J connectivity index is 1.27. The number of nitrogens with zero attached hydrogens (tertiary/aromatic N) is 6. The van der Waals surface area contributed by atoms with Gasteiger partial charge in [-0.2, -0.15) is 9.97 Å². The second-order valence-corrected chi connectivity index (χ2v) is 27.6. The zero-order chi connectivity index (χ0) is 48.6. The molecule has 366 valence electrons. The first-order valence-electron chi connectivity index (χ1n) is 24.9. The molecule has 2 aromatic heterocycles. The monoisotopic (exact) mass is 955 g/mol. The maximum absolute atomic E-state index is 18.4. The molecule has 68 heavy (non-hydrogen) atoms. The first-order valence-corrected chi connectivity index (χ1v) is 27.2. The van der Waals surface area contributed by atoms with Crippen molar-refractivity contribution >= 4 is 41.7 Å². The van der Waals surface area contributed by atoms with E-state index in [9.17, 15) is 4.79 Å². The van der Waals surface area contributed by atoms with Crippen LogP contribution in [0.2, 0.25) is 16.6 Å². The molecule has 0 radical (unpaired) electrons. The number of carbonyl (C=O) groups excluding carboxylic acids is 1. The number of hydrogen-bond donors (Lipinski definition) is 0. The summed E-state index contributed by atoms with van der Waals surface area (Å²) >= 11 is 0. The standard InChI is InChI=1S/C53H69F3N6O5Si/c1-12-33-23-41-44-47(45(56)46(57-41)39-24-37(66-29-64-11)22-34-14-16-40(55)38(43(34)39)18-21-68(30(2)3,31(4)5)32(6)7)58-50(65-28-53-19-13-20-60(53)26-35(54)25-53)59-49(44)61-27-36-15-17-42(48(33)61)62(36)51(63)67-52(8,9)10/h14,16,22,24,30-33,35-36,42,48H,12-13,15,17,19-20,23,25-29H2,1-11H3/t33-,35-,36-,42+,48+,53+/m1/s1. The number of hydrogen-bond acceptors (Lipinski definition) is 10. The molecule has 7 heterocycles. The van der Waals surface area contributed by atoms with E-state index in [-0.39, 0.29) is 66.3 Å². The highest BCUT2D eigenvalue weighted by molar-refractivity contribution is 6.90. The molecule has 0 saturated carbocycles. The summed E-state index contributed by atoms with van der Waals surface area (Å²) in [6, 6.07) is 6.00. The van der Waals surface area contributed by atoms with Crippen LogP contribution in [0.15, 0.2) is 24.3 Å². The fourth-order valence-corrected chi connectivity index (χ4v) is 18.3. The number of aromatic nitrogens is 3. The molecule has 9 rings (SSSR count). The third-order valence-corrected chi connectivity index (χ3v) is 22.3. The number of pyridine rings is 1. The molecular weight excluding hydrogens is 886 g/mol. The molecule has 4 fully saturated rings. The first kappa shape index (κ1) is 48.4. The minimum atomic E-state index is -2.36. The van der Waals surface area contributed by atoms with E-state index in [1.54, 1.807) is 18.2 Å². The normalized spacial score (nSPS) is 24.8. The lowest BCUT2D eigenvalue weighted by molar-refractivity contribution is 0.00426. The number of rotatable bonds is 11. The average Bonchev–Trinajstić information content (AvgIpc) is 3.89. The van der Waals surface area contributed by atoms with Gasteiger partial charge in [-0.1, -0.05) is 66.9 Å². The van der Waals surface area contributed by atoms with E-state index in [1.807, 2.05) is 25.7 Å². The fourth-order valence-electron chi connectivity index (χ4n) is 13.1. The SMILES string of the molecule is CC[C@@H]1Cc2nc(-c3cc(OCOC)cc4ccc(F)c(C#C[Si](C(C)C)(C(C)C)C(C)C)c34)c(F)c3nc(OC[C@@]45CCCN4C[C@H](F)C5)nc(c23)N2C[C@H]3CC[C@@H]([C@H]12)N3C(=O)OC(C)(C)C. The molecule has 2 bridgehead atoms. The van der Waals surface area contributed by atoms with Gasteiger partial charge in [0.25, 0.3) is 0 Å². The predicted octanol–water partition coefficient (Wildman–Crippen LogP) is 11.2. The third-order valence-electron chi connectivity index (χ3n) is 16.0. The summed E-state index contributed by atoms with van der Waals surface area (Å²) in [7, 11) is -0.831. The van der Waals surface area contributed by atoms with E-state index in [0.29, 0.717) is 81.5 Å². The van der Waals surface area contributed by atoms with Gasteiger partial charge in [0.05, 0.1) is 40.3 Å². The Morgan fingerprint density at radius 2 is 1.74 bits per heavy atom. The van der Waals surface area contributed by atoms with Crippen molar-refractivity contribution in [3.8, 4) is 34.5 Å². The smallest absolute Gasteiger partial charge is 0.410 e. The summed E-state index contributed by atoms with van der Waals surface area (Å²) in [4.78, 5) is 35.7. The molecule has 5 aliphatic heterocycles. The van der Waals surface area contributed by atoms with Gasteiger partial charge in [0.1, 0.15) is 55.0 Å². The second-order valence-electron chi connectivity index (χ2n) is 22.0. The van der Waals surface area contributed by atoms with E-state index in [1.165, 1.54) is 13.2 Å². The highest BCUT2D eigenvalue weighted by atomic mass is 28.3. The fraction of sp³-hybridized carbons (Fsp3) is 0.623. The van der Waals surface area contributed by atoms with Crippen molar-refractivity contribution in [1.29, 1.82) is 0 Å². The number of piperazine rings is 1. The number of alkyl halides is 1. The van der Waals surface area contributed by atoms with Crippen LogP contribution in [0.25, 0.3) is 32.9 Å². The Hall–Kier alpha value is -4.65. The van der Waals surface area contributed by atoms with Gasteiger partial charge in [0, 0.05) is 37.6 Å². The Bertz CT molecular complexity index is 2640. The Morgan fingerprint density at radius 1 is 0.985 bits per heavy atom. The molecule has 0 spiro atoms. The number of ether oxygens (including phenoxy) is 4. The van der Waals surface area contributed by atoms with Gasteiger partial charge >= 0.3 is 12.1 Å². The largest absolute Gasteiger partial charge is 0.468 e. The maximum atomic E-state index is 18.4. The van der Waals surface area contributed by atoms with E-state index in [4.69, 9.17) is 33.9 Å². The Morgan fingerprint density at radius 3 is 2.43 bits per heavy atom. The van der Waals surface area contributed by atoms with Gasteiger partial charge in [-0.25, -0.2) is 22.9 Å². The summed E-state index contributed by atoms with van der Waals surface area (Å²) in [5, 5.41) is 1.52. The van der Waals surface area contributed by atoms with E-state index in [0.717, 1.165) is 38.6 Å². The zero-order valence-corrected chi connectivity index (χ0v) is 42.8. The van der Waals surface area contributed by atoms with E-state index < -0.39 is 37.0 Å². The minimum Gasteiger partial charge on any atom is -0.468 e. The lowest BCUT2D eigenvalue weighted by Gasteiger charge is -2.49. The molecule has 4 aromatic rings. The number of amides is 1. The topological polar surface area (TPSA) is 102 Å². The lowest BCUT2D eigenvalue weighted by Crippen LogP contribution is -2.64. The van der Waals surface area contributed by atoms with Gasteiger partial charge in [0.2, 0.25) is 0 Å². The number of fused-ring (bicyclic) bond motifs is 7. The molecule has 4 saturated heterocycles. The van der Waals surface area contributed by atoms with Crippen molar-refractivity contribution in [2.45, 2.75) is 166 Å². The van der Waals surface area contributed by atoms with Crippen molar-refractivity contribution in [3.05, 3.63) is 47.2 Å². The number of anilines is 1. The molecule has 0 unspecified atom stereocenters. The van der Waals surface area contributed by atoms with Crippen LogP contribution in [-0.4, -0.2) is 114 Å². The Kier molecular flexibility index (Phi) is 13.0.